The lowest BCUT2D eigenvalue weighted by atomic mass is 10.1. The molecule has 0 saturated heterocycles. The maximum absolute atomic E-state index is 5.30. The molecule has 0 aliphatic heterocycles. The summed E-state index contributed by atoms with van der Waals surface area (Å²) in [6.45, 7) is 1.16. The number of hydrogen-bond donors (Lipinski definition) is 4. The van der Waals surface area contributed by atoms with Gasteiger partial charge in [-0.05, 0) is 60.7 Å². The largest absolute Gasteiger partial charge is 0.493 e. The number of methoxy groups -OCH3 is 2. The van der Waals surface area contributed by atoms with Gasteiger partial charge < -0.3 is 24.5 Å². The highest BCUT2D eigenvalue weighted by Gasteiger charge is 2.05. The molecule has 1 heterocycles. The van der Waals surface area contributed by atoms with Crippen molar-refractivity contribution in [3.8, 4) is 11.5 Å². The monoisotopic (exact) mass is 394 g/mol. The Bertz CT molecular complexity index is 723. The summed E-state index contributed by atoms with van der Waals surface area (Å²) in [5.41, 5.74) is 6.76. The number of furan rings is 1. The van der Waals surface area contributed by atoms with Gasteiger partial charge in [0.1, 0.15) is 5.76 Å². The molecular formula is C17H22N4O3S2. The van der Waals surface area contributed by atoms with E-state index in [4.69, 9.17) is 38.3 Å². The average Bonchev–Trinajstić information content (AvgIpc) is 3.18. The van der Waals surface area contributed by atoms with Gasteiger partial charge in [-0.2, -0.15) is 0 Å². The Morgan fingerprint density at radius 1 is 1.00 bits per heavy atom. The second-order valence-electron chi connectivity index (χ2n) is 5.21. The normalized spacial score (nSPS) is 9.92. The number of benzene rings is 1. The van der Waals surface area contributed by atoms with Crippen LogP contribution in [0.5, 0.6) is 11.5 Å². The Morgan fingerprint density at radius 3 is 2.38 bits per heavy atom. The standard InChI is InChI=1S/C17H22N4O3S2/c1-22-14-6-5-12(10-15(14)23-2)7-8-18-16(25)20-21-17(26)19-11-13-4-3-9-24-13/h3-6,9-10H,7-8,11H2,1-2H3,(H2,18,20,25)(H2,19,21,26). The molecule has 4 N–H and O–H groups in total. The highest BCUT2D eigenvalue weighted by molar-refractivity contribution is 7.80. The second kappa shape index (κ2) is 10.5. The fraction of sp³-hybridized carbons (Fsp3) is 0.294. The first-order valence-corrected chi connectivity index (χ1v) is 8.75. The van der Waals surface area contributed by atoms with E-state index in [0.29, 0.717) is 34.8 Å². The molecule has 0 saturated carbocycles. The fourth-order valence-electron chi connectivity index (χ4n) is 2.14. The average molecular weight is 395 g/mol. The first kappa shape index (κ1) is 19.8. The molecule has 0 unspecified atom stereocenters. The first-order valence-electron chi connectivity index (χ1n) is 7.93. The molecule has 2 aromatic rings. The molecule has 9 heteroatoms. The summed E-state index contributed by atoms with van der Waals surface area (Å²) in [7, 11) is 3.23. The van der Waals surface area contributed by atoms with Crippen molar-refractivity contribution in [2.45, 2.75) is 13.0 Å². The summed E-state index contributed by atoms with van der Waals surface area (Å²) < 4.78 is 15.7. The van der Waals surface area contributed by atoms with Crippen LogP contribution in [0.2, 0.25) is 0 Å². The van der Waals surface area contributed by atoms with Crippen molar-refractivity contribution in [2.75, 3.05) is 20.8 Å². The third kappa shape index (κ3) is 6.41. The molecule has 0 atom stereocenters. The number of hydrogen-bond acceptors (Lipinski definition) is 5. The third-order valence-corrected chi connectivity index (χ3v) is 3.93. The van der Waals surface area contributed by atoms with E-state index in [-0.39, 0.29) is 0 Å². The molecule has 7 nitrogen and oxygen atoms in total. The summed E-state index contributed by atoms with van der Waals surface area (Å²) >= 11 is 10.4. The Labute approximate surface area is 163 Å². The second-order valence-corrected chi connectivity index (χ2v) is 6.02. The van der Waals surface area contributed by atoms with Crippen LogP contribution in [0.1, 0.15) is 11.3 Å². The Hall–Kier alpha value is -2.52. The number of ether oxygens (including phenoxy) is 2. The molecule has 0 spiro atoms. The van der Waals surface area contributed by atoms with Gasteiger partial charge in [0.05, 0.1) is 27.0 Å². The third-order valence-electron chi connectivity index (χ3n) is 3.44. The van der Waals surface area contributed by atoms with Gasteiger partial charge >= 0.3 is 0 Å². The topological polar surface area (TPSA) is 79.7 Å². The Morgan fingerprint density at radius 2 is 1.73 bits per heavy atom. The van der Waals surface area contributed by atoms with Crippen LogP contribution in [0.25, 0.3) is 0 Å². The minimum Gasteiger partial charge on any atom is -0.493 e. The molecule has 140 valence electrons. The maximum atomic E-state index is 5.30. The van der Waals surface area contributed by atoms with Crippen LogP contribution in [0.4, 0.5) is 0 Å². The van der Waals surface area contributed by atoms with Crippen LogP contribution < -0.4 is 31.0 Å². The zero-order valence-electron chi connectivity index (χ0n) is 14.6. The molecule has 0 bridgehead atoms. The van der Waals surface area contributed by atoms with Crippen molar-refractivity contribution in [2.24, 2.45) is 0 Å². The molecule has 26 heavy (non-hydrogen) atoms. The minimum absolute atomic E-state index is 0.422. The molecule has 1 aromatic heterocycles. The molecule has 2 rings (SSSR count). The highest BCUT2D eigenvalue weighted by Crippen LogP contribution is 2.27. The number of hydrazine groups is 1. The Kier molecular flexibility index (Phi) is 7.97. The van der Waals surface area contributed by atoms with Gasteiger partial charge in [0.2, 0.25) is 0 Å². The van der Waals surface area contributed by atoms with Gasteiger partial charge in [0, 0.05) is 6.54 Å². The van der Waals surface area contributed by atoms with Crippen LogP contribution in [0.3, 0.4) is 0 Å². The molecule has 0 fully saturated rings. The van der Waals surface area contributed by atoms with Crippen LogP contribution in [-0.2, 0) is 13.0 Å². The van der Waals surface area contributed by atoms with Gasteiger partial charge in [-0.1, -0.05) is 6.07 Å². The van der Waals surface area contributed by atoms with Crippen LogP contribution >= 0.6 is 24.4 Å². The van der Waals surface area contributed by atoms with Crippen molar-refractivity contribution >= 4 is 34.7 Å². The molecule has 1 aromatic carbocycles. The molecule has 0 amide bonds. The van der Waals surface area contributed by atoms with E-state index in [0.717, 1.165) is 17.7 Å². The lowest BCUT2D eigenvalue weighted by Gasteiger charge is -2.14. The summed E-state index contributed by atoms with van der Waals surface area (Å²) in [5.74, 6) is 2.21. The molecule has 0 aliphatic carbocycles. The summed E-state index contributed by atoms with van der Waals surface area (Å²) in [4.78, 5) is 0. The SMILES string of the molecule is COc1ccc(CCNC(=S)NNC(=S)NCc2ccco2)cc1OC. The van der Waals surface area contributed by atoms with Crippen molar-refractivity contribution in [3.05, 3.63) is 47.9 Å². The van der Waals surface area contributed by atoms with Crippen molar-refractivity contribution < 1.29 is 13.9 Å². The van der Waals surface area contributed by atoms with Gasteiger partial charge in [0.15, 0.2) is 21.7 Å². The van der Waals surface area contributed by atoms with E-state index in [1.807, 2.05) is 30.3 Å². The van der Waals surface area contributed by atoms with Crippen LogP contribution in [0.15, 0.2) is 41.0 Å². The van der Waals surface area contributed by atoms with Crippen LogP contribution in [-0.4, -0.2) is 31.0 Å². The van der Waals surface area contributed by atoms with E-state index in [9.17, 15) is 0 Å². The molecular weight excluding hydrogens is 372 g/mol. The quantitative estimate of drug-likeness (QED) is 0.416. The summed E-state index contributed by atoms with van der Waals surface area (Å²) in [5, 5.41) is 6.97. The zero-order chi connectivity index (χ0) is 18.8. The lowest BCUT2D eigenvalue weighted by Crippen LogP contribution is -2.50. The summed E-state index contributed by atoms with van der Waals surface area (Å²) in [6, 6.07) is 9.51. The van der Waals surface area contributed by atoms with Gasteiger partial charge in [0.25, 0.3) is 0 Å². The predicted octanol–water partition coefficient (Wildman–Crippen LogP) is 1.88. The molecule has 0 aliphatic rings. The van der Waals surface area contributed by atoms with Crippen molar-refractivity contribution in [3.63, 3.8) is 0 Å². The predicted molar refractivity (Wildman–Crippen MR) is 108 cm³/mol. The van der Waals surface area contributed by atoms with Gasteiger partial charge in [-0.3, -0.25) is 10.9 Å². The van der Waals surface area contributed by atoms with Crippen molar-refractivity contribution in [1.82, 2.24) is 21.5 Å². The van der Waals surface area contributed by atoms with E-state index < -0.39 is 0 Å². The zero-order valence-corrected chi connectivity index (χ0v) is 16.3. The number of thiocarbonyl (C=S) groups is 2. The van der Waals surface area contributed by atoms with E-state index in [1.165, 1.54) is 0 Å². The number of nitrogens with one attached hydrogen (secondary N) is 4. The van der Waals surface area contributed by atoms with E-state index >= 15 is 0 Å². The fourth-order valence-corrected chi connectivity index (χ4v) is 2.42. The van der Waals surface area contributed by atoms with Crippen LogP contribution in [0, 0.1) is 0 Å². The van der Waals surface area contributed by atoms with E-state index in [2.05, 4.69) is 21.5 Å². The van der Waals surface area contributed by atoms with Crippen molar-refractivity contribution in [1.29, 1.82) is 0 Å². The number of rotatable bonds is 7. The maximum Gasteiger partial charge on any atom is 0.185 e. The van der Waals surface area contributed by atoms with Gasteiger partial charge in [-0.15, -0.1) is 0 Å². The van der Waals surface area contributed by atoms with E-state index in [1.54, 1.807) is 20.5 Å². The Balaban J connectivity index is 1.64. The first-order chi connectivity index (χ1) is 12.6. The minimum atomic E-state index is 0.422. The lowest BCUT2D eigenvalue weighted by molar-refractivity contribution is 0.354. The highest BCUT2D eigenvalue weighted by atomic mass is 32.1. The van der Waals surface area contributed by atoms with Gasteiger partial charge in [-0.25, -0.2) is 0 Å². The molecule has 0 radical (unpaired) electrons. The summed E-state index contributed by atoms with van der Waals surface area (Å²) in [6.07, 6.45) is 2.40. The smallest absolute Gasteiger partial charge is 0.185 e.